The van der Waals surface area contributed by atoms with Crippen molar-refractivity contribution >= 4 is 36.5 Å². The highest BCUT2D eigenvalue weighted by Crippen LogP contribution is 2.38. The van der Waals surface area contributed by atoms with Gasteiger partial charge in [-0.15, -0.1) is 0 Å². The summed E-state index contributed by atoms with van der Waals surface area (Å²) in [7, 11) is -1.18. The normalized spacial score (nSPS) is 19.7. The standard InChI is InChI=1S/C30H44N4O5Si/c1-29(2,3)39-28(35)33-13-9-22(10-14-33)24-20-34(21-36-17-18-40(4,5)6)27-26(24)32-25(19-31-27)23-7-11-30(12-8-23)37-15-16-38-30/h7,9,19-20H,8,10-18,21H2,1-6H3. The second-order valence-electron chi connectivity index (χ2n) is 13.2. The summed E-state index contributed by atoms with van der Waals surface area (Å²) in [6, 6.07) is 1.11. The van der Waals surface area contributed by atoms with Gasteiger partial charge in [0, 0.05) is 52.4 Å². The Morgan fingerprint density at radius 2 is 1.90 bits per heavy atom. The minimum Gasteiger partial charge on any atom is -0.444 e. The Bertz CT molecular complexity index is 1300. The minimum absolute atomic E-state index is 0.277. The van der Waals surface area contributed by atoms with Gasteiger partial charge in [0.2, 0.25) is 0 Å². The van der Waals surface area contributed by atoms with E-state index in [1.165, 1.54) is 11.1 Å². The fraction of sp³-hybridized carbons (Fsp3) is 0.633. The first-order valence-electron chi connectivity index (χ1n) is 14.5. The number of ether oxygens (including phenoxy) is 4. The molecule has 4 heterocycles. The molecule has 1 saturated heterocycles. The van der Waals surface area contributed by atoms with Gasteiger partial charge in [0.25, 0.3) is 0 Å². The van der Waals surface area contributed by atoms with Crippen LogP contribution in [0.3, 0.4) is 0 Å². The smallest absolute Gasteiger partial charge is 0.410 e. The van der Waals surface area contributed by atoms with Crippen LogP contribution in [-0.2, 0) is 25.7 Å². The maximum Gasteiger partial charge on any atom is 0.410 e. The Kier molecular flexibility index (Phi) is 8.25. The van der Waals surface area contributed by atoms with Crippen LogP contribution in [0.5, 0.6) is 0 Å². The third-order valence-corrected chi connectivity index (χ3v) is 9.28. The van der Waals surface area contributed by atoms with Crippen LogP contribution in [0.15, 0.2) is 24.5 Å². The Morgan fingerprint density at radius 1 is 1.12 bits per heavy atom. The molecule has 1 amide bonds. The van der Waals surface area contributed by atoms with Gasteiger partial charge in [-0.1, -0.05) is 31.8 Å². The minimum atomic E-state index is -1.18. The highest BCUT2D eigenvalue weighted by Gasteiger charge is 2.38. The lowest BCUT2D eigenvalue weighted by Crippen LogP contribution is -2.39. The summed E-state index contributed by atoms with van der Waals surface area (Å²) < 4.78 is 25.5. The predicted molar refractivity (Wildman–Crippen MR) is 158 cm³/mol. The number of aromatic nitrogens is 3. The molecule has 40 heavy (non-hydrogen) atoms. The third kappa shape index (κ3) is 6.84. The molecule has 0 saturated carbocycles. The van der Waals surface area contributed by atoms with E-state index in [1.54, 1.807) is 4.90 Å². The van der Waals surface area contributed by atoms with Crippen molar-refractivity contribution in [2.24, 2.45) is 0 Å². The van der Waals surface area contributed by atoms with Gasteiger partial charge in [0.1, 0.15) is 17.8 Å². The number of allylic oxidation sites excluding steroid dienone is 1. The molecular formula is C30H44N4O5Si. The second-order valence-corrected chi connectivity index (χ2v) is 18.9. The summed E-state index contributed by atoms with van der Waals surface area (Å²) in [5.41, 5.74) is 5.47. The van der Waals surface area contributed by atoms with Crippen molar-refractivity contribution in [3.8, 4) is 0 Å². The molecule has 218 valence electrons. The molecule has 1 spiro atoms. The zero-order valence-corrected chi connectivity index (χ0v) is 25.9. The number of carbonyl (C=O) groups is 1. The molecule has 0 N–H and O–H groups in total. The van der Waals surface area contributed by atoms with Crippen molar-refractivity contribution in [1.29, 1.82) is 0 Å². The topological polar surface area (TPSA) is 87.9 Å². The highest BCUT2D eigenvalue weighted by atomic mass is 28.3. The molecule has 2 aromatic heterocycles. The van der Waals surface area contributed by atoms with Crippen molar-refractivity contribution in [1.82, 2.24) is 19.4 Å². The van der Waals surface area contributed by atoms with Crippen LogP contribution in [0, 0.1) is 0 Å². The van der Waals surface area contributed by atoms with Gasteiger partial charge in [-0.25, -0.2) is 14.8 Å². The van der Waals surface area contributed by atoms with Gasteiger partial charge in [-0.05, 0) is 50.8 Å². The Labute approximate surface area is 238 Å². The summed E-state index contributed by atoms with van der Waals surface area (Å²) in [5, 5.41) is 0. The molecule has 10 heteroatoms. The molecule has 0 aromatic carbocycles. The fourth-order valence-corrected chi connectivity index (χ4v) is 6.04. The molecule has 5 rings (SSSR count). The molecule has 2 aromatic rings. The lowest BCUT2D eigenvalue weighted by Gasteiger charge is -2.30. The quantitative estimate of drug-likeness (QED) is 0.296. The summed E-state index contributed by atoms with van der Waals surface area (Å²) >= 11 is 0. The van der Waals surface area contributed by atoms with Crippen molar-refractivity contribution in [3.05, 3.63) is 35.8 Å². The largest absolute Gasteiger partial charge is 0.444 e. The molecule has 1 aliphatic carbocycles. The fourth-order valence-electron chi connectivity index (χ4n) is 5.29. The van der Waals surface area contributed by atoms with E-state index in [0.29, 0.717) is 33.0 Å². The number of rotatable bonds is 7. The van der Waals surface area contributed by atoms with Gasteiger partial charge >= 0.3 is 6.09 Å². The van der Waals surface area contributed by atoms with Crippen molar-refractivity contribution in [2.75, 3.05) is 32.9 Å². The average molecular weight is 569 g/mol. The Morgan fingerprint density at radius 3 is 2.52 bits per heavy atom. The van der Waals surface area contributed by atoms with E-state index >= 15 is 0 Å². The van der Waals surface area contributed by atoms with Gasteiger partial charge in [-0.3, -0.25) is 0 Å². The Hall–Kier alpha value is -2.53. The number of hydrogen-bond acceptors (Lipinski definition) is 7. The van der Waals surface area contributed by atoms with Crippen LogP contribution in [0.4, 0.5) is 4.79 Å². The van der Waals surface area contributed by atoms with E-state index in [2.05, 4.69) is 42.6 Å². The van der Waals surface area contributed by atoms with Crippen molar-refractivity contribution in [3.63, 3.8) is 0 Å². The molecular weight excluding hydrogens is 524 g/mol. The molecule has 3 aliphatic rings. The van der Waals surface area contributed by atoms with E-state index in [9.17, 15) is 4.79 Å². The summed E-state index contributed by atoms with van der Waals surface area (Å²) in [5.74, 6) is -0.463. The number of carbonyl (C=O) groups excluding carboxylic acids is 1. The lowest BCUT2D eigenvalue weighted by molar-refractivity contribution is -0.159. The van der Waals surface area contributed by atoms with E-state index in [4.69, 9.17) is 28.9 Å². The van der Waals surface area contributed by atoms with E-state index in [-0.39, 0.29) is 6.09 Å². The molecule has 0 bridgehead atoms. The van der Waals surface area contributed by atoms with E-state index in [0.717, 1.165) is 60.8 Å². The zero-order valence-electron chi connectivity index (χ0n) is 24.9. The van der Waals surface area contributed by atoms with Gasteiger partial charge in [0.15, 0.2) is 11.4 Å². The van der Waals surface area contributed by atoms with Crippen LogP contribution in [-0.4, -0.2) is 77.9 Å². The lowest BCUT2D eigenvalue weighted by atomic mass is 9.92. The van der Waals surface area contributed by atoms with Gasteiger partial charge in [0.05, 0.1) is 25.1 Å². The predicted octanol–water partition coefficient (Wildman–Crippen LogP) is 6.08. The molecule has 9 nitrogen and oxygen atoms in total. The maximum atomic E-state index is 12.6. The van der Waals surface area contributed by atoms with Gasteiger partial charge in [-0.2, -0.15) is 0 Å². The number of hydrogen-bond donors (Lipinski definition) is 0. The average Bonchev–Trinajstić information content (AvgIpc) is 3.50. The SMILES string of the molecule is CC(C)(C)OC(=O)N1CC=C(c2cn(COCC[Si](C)(C)C)c3ncc(C4=CCC5(CC4)OCCO5)nc23)CC1. The van der Waals surface area contributed by atoms with E-state index in [1.807, 2.05) is 27.0 Å². The molecule has 0 atom stereocenters. The van der Waals surface area contributed by atoms with Crippen molar-refractivity contribution < 1.29 is 23.7 Å². The first-order valence-corrected chi connectivity index (χ1v) is 18.2. The van der Waals surface area contributed by atoms with E-state index < -0.39 is 19.5 Å². The number of amides is 1. The number of nitrogens with zero attached hydrogens (tertiary/aromatic N) is 4. The highest BCUT2D eigenvalue weighted by molar-refractivity contribution is 6.76. The zero-order chi connectivity index (χ0) is 28.5. The van der Waals surface area contributed by atoms with Crippen LogP contribution >= 0.6 is 0 Å². The van der Waals surface area contributed by atoms with Crippen LogP contribution in [0.2, 0.25) is 25.7 Å². The molecule has 1 fully saturated rings. The summed E-state index contributed by atoms with van der Waals surface area (Å²) in [6.07, 6.45) is 11.1. The van der Waals surface area contributed by atoms with Gasteiger partial charge < -0.3 is 28.4 Å². The molecule has 0 unspecified atom stereocenters. The summed E-state index contributed by atoms with van der Waals surface area (Å²) in [4.78, 5) is 24.4. The first kappa shape index (κ1) is 29.0. The van der Waals surface area contributed by atoms with Crippen molar-refractivity contribution in [2.45, 2.75) is 90.3 Å². The monoisotopic (exact) mass is 568 g/mol. The maximum absolute atomic E-state index is 12.6. The second kappa shape index (κ2) is 11.4. The van der Waals surface area contributed by atoms with Crippen LogP contribution < -0.4 is 0 Å². The van der Waals surface area contributed by atoms with Crippen LogP contribution in [0.1, 0.15) is 57.7 Å². The van der Waals surface area contributed by atoms with Crippen LogP contribution in [0.25, 0.3) is 22.3 Å². The molecule has 0 radical (unpaired) electrons. The third-order valence-electron chi connectivity index (χ3n) is 7.58. The summed E-state index contributed by atoms with van der Waals surface area (Å²) in [6.45, 7) is 16.3. The number of fused-ring (bicyclic) bond motifs is 1. The first-order chi connectivity index (χ1) is 18.9. The molecule has 2 aliphatic heterocycles. The Balaban J connectivity index is 1.40.